The van der Waals surface area contributed by atoms with E-state index >= 15 is 0 Å². The zero-order valence-corrected chi connectivity index (χ0v) is 8.86. The van der Waals surface area contributed by atoms with Gasteiger partial charge in [-0.15, -0.1) is 0 Å². The zero-order chi connectivity index (χ0) is 12.1. The molecule has 0 saturated heterocycles. The van der Waals surface area contributed by atoms with Crippen LogP contribution < -0.4 is 0 Å². The van der Waals surface area contributed by atoms with Crippen molar-refractivity contribution in [2.24, 2.45) is 0 Å². The zero-order valence-electron chi connectivity index (χ0n) is 8.86. The molecule has 0 aliphatic heterocycles. The molecule has 0 aromatic heterocycles. The first-order chi connectivity index (χ1) is 7.63. The number of carboxylic acid groups (broad SMARTS) is 1. The van der Waals surface area contributed by atoms with Gasteiger partial charge in [-0.05, 0) is 17.5 Å². The summed E-state index contributed by atoms with van der Waals surface area (Å²) in [4.78, 5) is 21.4. The Balaban J connectivity index is 3.38. The van der Waals surface area contributed by atoms with Crippen molar-refractivity contribution >= 4 is 12.3 Å². The molecule has 1 aromatic rings. The number of aldehydes is 1. The fraction of sp³-hybridized carbons (Fsp3) is 0.250. The average molecular weight is 217 g/mol. The molecule has 0 atom stereocenters. The SMILES string of the molecule is CCc1c(CC(=O)O)ccc(C=O)c1C#N. The van der Waals surface area contributed by atoms with Crippen LogP contribution in [-0.2, 0) is 17.6 Å². The number of nitrogens with zero attached hydrogens (tertiary/aromatic N) is 1. The van der Waals surface area contributed by atoms with E-state index in [4.69, 9.17) is 10.4 Å². The minimum Gasteiger partial charge on any atom is -0.481 e. The standard InChI is InChI=1S/C12H11NO3/c1-2-10-8(5-12(15)16)3-4-9(7-14)11(10)6-13/h3-4,7H,2,5H2,1H3,(H,15,16). The fourth-order valence-electron chi connectivity index (χ4n) is 1.67. The lowest BCUT2D eigenvalue weighted by molar-refractivity contribution is -0.136. The number of nitriles is 1. The van der Waals surface area contributed by atoms with Gasteiger partial charge in [0.25, 0.3) is 0 Å². The van der Waals surface area contributed by atoms with E-state index in [2.05, 4.69) is 0 Å². The smallest absolute Gasteiger partial charge is 0.307 e. The summed E-state index contributed by atoms with van der Waals surface area (Å²) in [5.74, 6) is -0.947. The summed E-state index contributed by atoms with van der Waals surface area (Å²) in [5.41, 5.74) is 1.84. The van der Waals surface area contributed by atoms with Crippen molar-refractivity contribution in [2.45, 2.75) is 19.8 Å². The summed E-state index contributed by atoms with van der Waals surface area (Å²) in [5, 5.41) is 17.7. The fourth-order valence-corrected chi connectivity index (χ4v) is 1.67. The van der Waals surface area contributed by atoms with Gasteiger partial charge >= 0.3 is 5.97 Å². The van der Waals surface area contributed by atoms with Gasteiger partial charge in [0.05, 0.1) is 12.0 Å². The first-order valence-corrected chi connectivity index (χ1v) is 4.85. The average Bonchev–Trinajstić information content (AvgIpc) is 2.27. The van der Waals surface area contributed by atoms with E-state index in [9.17, 15) is 9.59 Å². The molecule has 0 bridgehead atoms. The highest BCUT2D eigenvalue weighted by molar-refractivity contribution is 5.81. The van der Waals surface area contributed by atoms with Crippen LogP contribution in [0.1, 0.15) is 34.0 Å². The molecule has 0 spiro atoms. The predicted octanol–water partition coefficient (Wildman–Crippen LogP) is 1.56. The summed E-state index contributed by atoms with van der Waals surface area (Å²) in [6.45, 7) is 1.83. The Morgan fingerprint density at radius 1 is 1.56 bits per heavy atom. The minimum atomic E-state index is -0.947. The first-order valence-electron chi connectivity index (χ1n) is 4.85. The maximum atomic E-state index is 10.7. The Morgan fingerprint density at radius 3 is 2.69 bits per heavy atom. The molecule has 4 nitrogen and oxygen atoms in total. The van der Waals surface area contributed by atoms with Crippen LogP contribution in [0.3, 0.4) is 0 Å². The molecule has 82 valence electrons. The van der Waals surface area contributed by atoms with Gasteiger partial charge in [-0.1, -0.05) is 19.1 Å². The number of carbonyl (C=O) groups excluding carboxylic acids is 1. The van der Waals surface area contributed by atoms with Gasteiger partial charge in [0.2, 0.25) is 0 Å². The number of rotatable bonds is 4. The van der Waals surface area contributed by atoms with Crippen molar-refractivity contribution in [3.8, 4) is 6.07 Å². The summed E-state index contributed by atoms with van der Waals surface area (Å²) < 4.78 is 0. The lowest BCUT2D eigenvalue weighted by Crippen LogP contribution is -2.06. The van der Waals surface area contributed by atoms with Gasteiger partial charge in [-0.25, -0.2) is 0 Å². The van der Waals surface area contributed by atoms with Crippen LogP contribution >= 0.6 is 0 Å². The quantitative estimate of drug-likeness (QED) is 0.776. The van der Waals surface area contributed by atoms with Crippen molar-refractivity contribution < 1.29 is 14.7 Å². The highest BCUT2D eigenvalue weighted by Crippen LogP contribution is 2.19. The van der Waals surface area contributed by atoms with Crippen LogP contribution in [0.5, 0.6) is 0 Å². The van der Waals surface area contributed by atoms with Gasteiger partial charge in [-0.3, -0.25) is 9.59 Å². The van der Waals surface area contributed by atoms with Crippen LogP contribution in [0.25, 0.3) is 0 Å². The normalized spacial score (nSPS) is 9.50. The topological polar surface area (TPSA) is 78.2 Å². The largest absolute Gasteiger partial charge is 0.481 e. The monoisotopic (exact) mass is 217 g/mol. The Kier molecular flexibility index (Phi) is 3.78. The van der Waals surface area contributed by atoms with Crippen molar-refractivity contribution in [2.75, 3.05) is 0 Å². The second-order valence-electron chi connectivity index (χ2n) is 3.32. The molecule has 0 saturated carbocycles. The van der Waals surface area contributed by atoms with E-state index in [0.29, 0.717) is 29.4 Å². The summed E-state index contributed by atoms with van der Waals surface area (Å²) in [6.07, 6.45) is 1.02. The van der Waals surface area contributed by atoms with Crippen molar-refractivity contribution in [3.63, 3.8) is 0 Å². The summed E-state index contributed by atoms with van der Waals surface area (Å²) >= 11 is 0. The number of aliphatic carboxylic acids is 1. The number of hydrogen-bond donors (Lipinski definition) is 1. The Hall–Kier alpha value is -2.15. The molecule has 0 aliphatic carbocycles. The van der Waals surface area contributed by atoms with Crippen molar-refractivity contribution in [1.82, 2.24) is 0 Å². The molecule has 16 heavy (non-hydrogen) atoms. The van der Waals surface area contributed by atoms with Crippen LogP contribution in [0.15, 0.2) is 12.1 Å². The van der Waals surface area contributed by atoms with Crippen LogP contribution in [-0.4, -0.2) is 17.4 Å². The number of carboxylic acids is 1. The Labute approximate surface area is 93.1 Å². The van der Waals surface area contributed by atoms with Crippen LogP contribution in [0.4, 0.5) is 0 Å². The van der Waals surface area contributed by atoms with E-state index in [1.807, 2.05) is 13.0 Å². The molecule has 1 aromatic carbocycles. The molecule has 0 radical (unpaired) electrons. The number of benzene rings is 1. The van der Waals surface area contributed by atoms with Crippen LogP contribution in [0, 0.1) is 11.3 Å². The predicted molar refractivity (Wildman–Crippen MR) is 57.3 cm³/mol. The molecular weight excluding hydrogens is 206 g/mol. The molecule has 0 fully saturated rings. The molecule has 0 heterocycles. The highest BCUT2D eigenvalue weighted by atomic mass is 16.4. The van der Waals surface area contributed by atoms with Gasteiger partial charge in [0.1, 0.15) is 6.07 Å². The minimum absolute atomic E-state index is 0.128. The van der Waals surface area contributed by atoms with Crippen molar-refractivity contribution in [1.29, 1.82) is 5.26 Å². The molecular formula is C12H11NO3. The maximum absolute atomic E-state index is 10.7. The van der Waals surface area contributed by atoms with Gasteiger partial charge in [0.15, 0.2) is 6.29 Å². The third kappa shape index (κ3) is 2.26. The molecule has 4 heteroatoms. The Bertz CT molecular complexity index is 472. The first kappa shape index (κ1) is 11.9. The molecule has 0 amide bonds. The number of hydrogen-bond acceptors (Lipinski definition) is 3. The lowest BCUT2D eigenvalue weighted by Gasteiger charge is -2.09. The van der Waals surface area contributed by atoms with Gasteiger partial charge in [-0.2, -0.15) is 5.26 Å². The second-order valence-corrected chi connectivity index (χ2v) is 3.32. The van der Waals surface area contributed by atoms with E-state index in [1.165, 1.54) is 6.07 Å². The van der Waals surface area contributed by atoms with E-state index in [1.54, 1.807) is 6.07 Å². The van der Waals surface area contributed by atoms with E-state index in [-0.39, 0.29) is 12.0 Å². The van der Waals surface area contributed by atoms with Gasteiger partial charge in [0, 0.05) is 5.56 Å². The van der Waals surface area contributed by atoms with E-state index in [0.717, 1.165) is 0 Å². The Morgan fingerprint density at radius 2 is 2.25 bits per heavy atom. The molecule has 0 aliphatic rings. The molecule has 0 unspecified atom stereocenters. The third-order valence-electron chi connectivity index (χ3n) is 2.38. The highest BCUT2D eigenvalue weighted by Gasteiger charge is 2.13. The second kappa shape index (κ2) is 5.08. The summed E-state index contributed by atoms with van der Waals surface area (Å²) in [6, 6.07) is 5.04. The molecule has 1 rings (SSSR count). The lowest BCUT2D eigenvalue weighted by atomic mass is 9.94. The van der Waals surface area contributed by atoms with Gasteiger partial charge < -0.3 is 5.11 Å². The molecule has 1 N–H and O–H groups in total. The van der Waals surface area contributed by atoms with E-state index < -0.39 is 5.97 Å². The third-order valence-corrected chi connectivity index (χ3v) is 2.38. The van der Waals surface area contributed by atoms with Crippen LogP contribution in [0.2, 0.25) is 0 Å². The summed E-state index contributed by atoms with van der Waals surface area (Å²) in [7, 11) is 0. The van der Waals surface area contributed by atoms with Crippen molar-refractivity contribution in [3.05, 3.63) is 34.4 Å². The number of carbonyl (C=O) groups is 2. The maximum Gasteiger partial charge on any atom is 0.307 e.